The van der Waals surface area contributed by atoms with Crippen molar-refractivity contribution in [3.63, 3.8) is 0 Å². The van der Waals surface area contributed by atoms with Gasteiger partial charge < -0.3 is 9.47 Å². The van der Waals surface area contributed by atoms with Crippen LogP contribution in [-0.2, 0) is 9.53 Å². The van der Waals surface area contributed by atoms with Crippen molar-refractivity contribution in [3.05, 3.63) is 23.5 Å². The van der Waals surface area contributed by atoms with Crippen LogP contribution >= 0.6 is 11.6 Å². The molecule has 1 aromatic rings. The SMILES string of the molecule is COC(=O)COc1ccnc(Cl)c1. The van der Waals surface area contributed by atoms with Crippen molar-refractivity contribution in [2.75, 3.05) is 13.7 Å². The number of ether oxygens (including phenoxy) is 2. The molecule has 1 aromatic heterocycles. The fourth-order valence-electron chi connectivity index (χ4n) is 0.676. The molecular formula is C8H8ClNO3. The van der Waals surface area contributed by atoms with Gasteiger partial charge in [0, 0.05) is 12.3 Å². The normalized spacial score (nSPS) is 9.38. The molecule has 0 N–H and O–H groups in total. The van der Waals surface area contributed by atoms with E-state index >= 15 is 0 Å². The number of methoxy groups -OCH3 is 1. The summed E-state index contributed by atoms with van der Waals surface area (Å²) in [4.78, 5) is 14.4. The first-order valence-electron chi connectivity index (χ1n) is 3.53. The number of carbonyl (C=O) groups excluding carboxylic acids is 1. The van der Waals surface area contributed by atoms with Gasteiger partial charge in [0.25, 0.3) is 0 Å². The third-order valence-corrected chi connectivity index (χ3v) is 1.49. The van der Waals surface area contributed by atoms with Gasteiger partial charge in [0.1, 0.15) is 10.9 Å². The van der Waals surface area contributed by atoms with Crippen molar-refractivity contribution in [3.8, 4) is 5.75 Å². The summed E-state index contributed by atoms with van der Waals surface area (Å²) in [6.45, 7) is -0.128. The van der Waals surface area contributed by atoms with Crippen molar-refractivity contribution >= 4 is 17.6 Å². The Morgan fingerprint density at radius 1 is 1.69 bits per heavy atom. The van der Waals surface area contributed by atoms with Gasteiger partial charge >= 0.3 is 5.97 Å². The summed E-state index contributed by atoms with van der Waals surface area (Å²) in [5, 5.41) is 0.322. The largest absolute Gasteiger partial charge is 0.482 e. The molecule has 0 fully saturated rings. The highest BCUT2D eigenvalue weighted by molar-refractivity contribution is 6.29. The van der Waals surface area contributed by atoms with E-state index in [0.717, 1.165) is 0 Å². The summed E-state index contributed by atoms with van der Waals surface area (Å²) in [7, 11) is 1.30. The molecular weight excluding hydrogens is 194 g/mol. The Bertz CT molecular complexity index is 303. The molecule has 0 aromatic carbocycles. The molecule has 1 rings (SSSR count). The molecule has 0 atom stereocenters. The molecule has 70 valence electrons. The second kappa shape index (κ2) is 4.67. The Hall–Kier alpha value is -1.29. The van der Waals surface area contributed by atoms with Crippen molar-refractivity contribution in [2.24, 2.45) is 0 Å². The van der Waals surface area contributed by atoms with Crippen molar-refractivity contribution in [1.82, 2.24) is 4.98 Å². The zero-order valence-electron chi connectivity index (χ0n) is 6.99. The molecule has 0 spiro atoms. The first kappa shape index (κ1) is 9.80. The zero-order valence-corrected chi connectivity index (χ0v) is 7.75. The molecule has 0 unspecified atom stereocenters. The lowest BCUT2D eigenvalue weighted by atomic mass is 10.4. The maximum absolute atomic E-state index is 10.7. The molecule has 5 heteroatoms. The highest BCUT2D eigenvalue weighted by Crippen LogP contribution is 2.13. The number of carbonyl (C=O) groups is 1. The van der Waals surface area contributed by atoms with Crippen LogP contribution in [0.5, 0.6) is 5.75 Å². The number of nitrogens with zero attached hydrogens (tertiary/aromatic N) is 1. The Balaban J connectivity index is 2.50. The van der Waals surface area contributed by atoms with Gasteiger partial charge in [-0.15, -0.1) is 0 Å². The Morgan fingerprint density at radius 3 is 3.08 bits per heavy atom. The number of halogens is 1. The van der Waals surface area contributed by atoms with Crippen molar-refractivity contribution in [1.29, 1.82) is 0 Å². The molecule has 0 amide bonds. The van der Waals surface area contributed by atoms with Gasteiger partial charge in [-0.05, 0) is 6.07 Å². The van der Waals surface area contributed by atoms with Crippen LogP contribution in [0.25, 0.3) is 0 Å². The highest BCUT2D eigenvalue weighted by atomic mass is 35.5. The lowest BCUT2D eigenvalue weighted by Gasteiger charge is -2.03. The molecule has 0 bridgehead atoms. The van der Waals surface area contributed by atoms with E-state index < -0.39 is 5.97 Å². The predicted octanol–water partition coefficient (Wildman–Crippen LogP) is 1.29. The second-order valence-electron chi connectivity index (χ2n) is 2.18. The summed E-state index contributed by atoms with van der Waals surface area (Å²) in [5.41, 5.74) is 0. The first-order chi connectivity index (χ1) is 6.22. The standard InChI is InChI=1S/C8H8ClNO3/c1-12-8(11)5-13-6-2-3-10-7(9)4-6/h2-4H,5H2,1H3. The lowest BCUT2D eigenvalue weighted by molar-refractivity contribution is -0.142. The van der Waals surface area contributed by atoms with Crippen molar-refractivity contribution in [2.45, 2.75) is 0 Å². The van der Waals surface area contributed by atoms with Crippen LogP contribution in [0, 0.1) is 0 Å². The predicted molar refractivity (Wildman–Crippen MR) is 46.8 cm³/mol. The summed E-state index contributed by atoms with van der Waals surface area (Å²) in [5.74, 6) is 0.0540. The van der Waals surface area contributed by atoms with E-state index in [2.05, 4.69) is 9.72 Å². The Labute approximate surface area is 80.4 Å². The fourth-order valence-corrected chi connectivity index (χ4v) is 0.840. The summed E-state index contributed by atoms with van der Waals surface area (Å²) >= 11 is 5.59. The Morgan fingerprint density at radius 2 is 2.46 bits per heavy atom. The number of aromatic nitrogens is 1. The third-order valence-electron chi connectivity index (χ3n) is 1.28. The van der Waals surface area contributed by atoms with E-state index in [9.17, 15) is 4.79 Å². The van der Waals surface area contributed by atoms with Gasteiger partial charge in [-0.3, -0.25) is 0 Å². The molecule has 0 saturated heterocycles. The maximum Gasteiger partial charge on any atom is 0.343 e. The van der Waals surface area contributed by atoms with Crippen LogP contribution in [0.4, 0.5) is 0 Å². The van der Waals surface area contributed by atoms with Crippen LogP contribution < -0.4 is 4.74 Å². The number of esters is 1. The van der Waals surface area contributed by atoms with Crippen LogP contribution in [-0.4, -0.2) is 24.7 Å². The van der Waals surface area contributed by atoms with Gasteiger partial charge in [-0.2, -0.15) is 0 Å². The van der Waals surface area contributed by atoms with Gasteiger partial charge in [0.15, 0.2) is 6.61 Å². The first-order valence-corrected chi connectivity index (χ1v) is 3.91. The van der Waals surface area contributed by atoms with E-state index in [1.165, 1.54) is 19.4 Å². The minimum absolute atomic E-state index is 0.128. The number of hydrogen-bond donors (Lipinski definition) is 0. The molecule has 0 aliphatic heterocycles. The lowest BCUT2D eigenvalue weighted by Crippen LogP contribution is -2.12. The van der Waals surface area contributed by atoms with E-state index in [1.807, 2.05) is 0 Å². The number of pyridine rings is 1. The topological polar surface area (TPSA) is 48.4 Å². The number of rotatable bonds is 3. The van der Waals surface area contributed by atoms with E-state index in [1.54, 1.807) is 6.07 Å². The van der Waals surface area contributed by atoms with Gasteiger partial charge in [0.05, 0.1) is 7.11 Å². The maximum atomic E-state index is 10.7. The van der Waals surface area contributed by atoms with Gasteiger partial charge in [-0.25, -0.2) is 9.78 Å². The van der Waals surface area contributed by atoms with Crippen LogP contribution in [0.15, 0.2) is 18.3 Å². The van der Waals surface area contributed by atoms with E-state index in [0.29, 0.717) is 10.9 Å². The van der Waals surface area contributed by atoms with Crippen LogP contribution in [0.1, 0.15) is 0 Å². The van der Waals surface area contributed by atoms with Crippen molar-refractivity contribution < 1.29 is 14.3 Å². The third kappa shape index (κ3) is 3.29. The average Bonchev–Trinajstić information content (AvgIpc) is 2.14. The molecule has 0 radical (unpaired) electrons. The Kier molecular flexibility index (Phi) is 3.52. The van der Waals surface area contributed by atoms with E-state index in [-0.39, 0.29) is 6.61 Å². The highest BCUT2D eigenvalue weighted by Gasteiger charge is 2.01. The summed E-state index contributed by atoms with van der Waals surface area (Å²) in [6, 6.07) is 3.12. The smallest absolute Gasteiger partial charge is 0.343 e. The summed E-state index contributed by atoms with van der Waals surface area (Å²) in [6.07, 6.45) is 1.49. The molecule has 4 nitrogen and oxygen atoms in total. The second-order valence-corrected chi connectivity index (χ2v) is 2.57. The average molecular weight is 202 g/mol. The molecule has 0 aliphatic carbocycles. The molecule has 1 heterocycles. The monoisotopic (exact) mass is 201 g/mol. The zero-order chi connectivity index (χ0) is 9.68. The molecule has 13 heavy (non-hydrogen) atoms. The summed E-state index contributed by atoms with van der Waals surface area (Å²) < 4.78 is 9.43. The van der Waals surface area contributed by atoms with Gasteiger partial charge in [0.2, 0.25) is 0 Å². The van der Waals surface area contributed by atoms with Crippen LogP contribution in [0.2, 0.25) is 5.15 Å². The minimum atomic E-state index is -0.437. The van der Waals surface area contributed by atoms with Gasteiger partial charge in [-0.1, -0.05) is 11.6 Å². The number of hydrogen-bond acceptors (Lipinski definition) is 4. The van der Waals surface area contributed by atoms with E-state index in [4.69, 9.17) is 16.3 Å². The molecule has 0 aliphatic rings. The fraction of sp³-hybridized carbons (Fsp3) is 0.250. The quantitative estimate of drug-likeness (QED) is 0.546. The minimum Gasteiger partial charge on any atom is -0.482 e. The molecule has 0 saturated carbocycles. The van der Waals surface area contributed by atoms with Crippen LogP contribution in [0.3, 0.4) is 0 Å².